The van der Waals surface area contributed by atoms with E-state index in [2.05, 4.69) is 21.2 Å². The number of hydrogen-bond acceptors (Lipinski definition) is 3. The van der Waals surface area contributed by atoms with Crippen LogP contribution in [0.4, 0.5) is 0 Å². The van der Waals surface area contributed by atoms with Crippen molar-refractivity contribution in [3.05, 3.63) is 20.8 Å². The molecule has 1 atom stereocenters. The summed E-state index contributed by atoms with van der Waals surface area (Å²) in [7, 11) is 0. The van der Waals surface area contributed by atoms with E-state index in [4.69, 9.17) is 4.74 Å². The fraction of sp³-hybridized carbons (Fsp3) is 0.545. The molecule has 5 heteroatoms. The van der Waals surface area contributed by atoms with Gasteiger partial charge in [0.25, 0.3) is 5.91 Å². The Kier molecular flexibility index (Phi) is 4.37. The van der Waals surface area contributed by atoms with Crippen LogP contribution in [0.25, 0.3) is 0 Å². The fourth-order valence-electron chi connectivity index (χ4n) is 1.70. The van der Waals surface area contributed by atoms with Gasteiger partial charge in [0.15, 0.2) is 0 Å². The maximum absolute atomic E-state index is 11.7. The lowest BCUT2D eigenvalue weighted by Crippen LogP contribution is -2.35. The number of hydrogen-bond donors (Lipinski definition) is 1. The summed E-state index contributed by atoms with van der Waals surface area (Å²) in [6.07, 6.45) is 3.59. The van der Waals surface area contributed by atoms with E-state index in [0.29, 0.717) is 6.54 Å². The van der Waals surface area contributed by atoms with E-state index >= 15 is 0 Å². The van der Waals surface area contributed by atoms with E-state index in [9.17, 15) is 4.79 Å². The van der Waals surface area contributed by atoms with Crippen LogP contribution >= 0.6 is 27.3 Å². The first kappa shape index (κ1) is 12.1. The topological polar surface area (TPSA) is 38.3 Å². The molecule has 1 aliphatic rings. The molecule has 1 N–H and O–H groups in total. The third kappa shape index (κ3) is 3.30. The molecular formula is C11H14BrNO2S. The van der Waals surface area contributed by atoms with Crippen LogP contribution in [-0.4, -0.2) is 25.2 Å². The summed E-state index contributed by atoms with van der Waals surface area (Å²) >= 11 is 4.79. The Bertz CT molecular complexity index is 361. The molecule has 0 spiro atoms. The summed E-state index contributed by atoms with van der Waals surface area (Å²) in [5.74, 6) is -0.00938. The van der Waals surface area contributed by atoms with Gasteiger partial charge in [-0.1, -0.05) is 0 Å². The van der Waals surface area contributed by atoms with Gasteiger partial charge in [-0.05, 0) is 47.3 Å². The van der Waals surface area contributed by atoms with Gasteiger partial charge in [0.05, 0.1) is 14.8 Å². The molecule has 2 heterocycles. The zero-order valence-electron chi connectivity index (χ0n) is 8.87. The molecule has 2 rings (SSSR count). The van der Waals surface area contributed by atoms with Crippen molar-refractivity contribution in [1.82, 2.24) is 5.32 Å². The largest absolute Gasteiger partial charge is 0.376 e. The van der Waals surface area contributed by atoms with Crippen LogP contribution in [0.3, 0.4) is 0 Å². The number of amides is 1. The minimum Gasteiger partial charge on any atom is -0.376 e. The highest BCUT2D eigenvalue weighted by Gasteiger charge is 2.15. The summed E-state index contributed by atoms with van der Waals surface area (Å²) < 4.78 is 6.53. The number of carbonyl (C=O) groups excluding carboxylic acids is 1. The molecule has 1 saturated heterocycles. The number of nitrogens with one attached hydrogen (secondary N) is 1. The maximum Gasteiger partial charge on any atom is 0.261 e. The molecule has 0 radical (unpaired) electrons. The Hall–Kier alpha value is -0.390. The van der Waals surface area contributed by atoms with Gasteiger partial charge in [0.2, 0.25) is 0 Å². The van der Waals surface area contributed by atoms with Crippen molar-refractivity contribution in [2.45, 2.75) is 25.4 Å². The highest BCUT2D eigenvalue weighted by Crippen LogP contribution is 2.21. The third-order valence-corrected chi connectivity index (χ3v) is 4.18. The molecule has 1 unspecified atom stereocenters. The molecule has 0 saturated carbocycles. The van der Waals surface area contributed by atoms with Gasteiger partial charge < -0.3 is 10.1 Å². The lowest BCUT2D eigenvalue weighted by Gasteiger charge is -2.22. The predicted octanol–water partition coefficient (Wildman–Crippen LogP) is 2.81. The van der Waals surface area contributed by atoms with Crippen molar-refractivity contribution in [2.75, 3.05) is 13.2 Å². The first-order valence-corrected chi connectivity index (χ1v) is 7.02. The number of carbonyl (C=O) groups is 1. The Balaban J connectivity index is 1.79. The van der Waals surface area contributed by atoms with E-state index in [-0.39, 0.29) is 12.0 Å². The molecule has 1 fully saturated rings. The van der Waals surface area contributed by atoms with E-state index in [1.807, 2.05) is 12.1 Å². The molecule has 1 aromatic rings. The maximum atomic E-state index is 11.7. The fourth-order valence-corrected chi connectivity index (χ4v) is 3.00. The van der Waals surface area contributed by atoms with E-state index in [1.165, 1.54) is 17.8 Å². The third-order valence-electron chi connectivity index (χ3n) is 2.56. The molecule has 16 heavy (non-hydrogen) atoms. The SMILES string of the molecule is O=C(NCC1CCCCO1)c1ccc(Br)s1. The first-order valence-electron chi connectivity index (χ1n) is 5.41. The average Bonchev–Trinajstić information content (AvgIpc) is 2.74. The number of ether oxygens (including phenoxy) is 1. The van der Waals surface area contributed by atoms with Crippen molar-refractivity contribution in [2.24, 2.45) is 0 Å². The number of thiophene rings is 1. The van der Waals surface area contributed by atoms with E-state index in [1.54, 1.807) is 0 Å². The van der Waals surface area contributed by atoms with Gasteiger partial charge in [-0.3, -0.25) is 4.79 Å². The second kappa shape index (κ2) is 5.80. The minimum absolute atomic E-state index is 0.00938. The van der Waals surface area contributed by atoms with Gasteiger partial charge in [-0.2, -0.15) is 0 Å². The van der Waals surface area contributed by atoms with Crippen LogP contribution in [0.5, 0.6) is 0 Å². The standard InChI is InChI=1S/C11H14BrNO2S/c12-10-5-4-9(16-10)11(14)13-7-8-3-1-2-6-15-8/h4-5,8H,1-3,6-7H2,(H,13,14). The van der Waals surface area contributed by atoms with Gasteiger partial charge in [0, 0.05) is 13.2 Å². The van der Waals surface area contributed by atoms with Gasteiger partial charge in [-0.15, -0.1) is 11.3 Å². The lowest BCUT2D eigenvalue weighted by atomic mass is 10.1. The van der Waals surface area contributed by atoms with Gasteiger partial charge in [-0.25, -0.2) is 0 Å². The Morgan fingerprint density at radius 1 is 1.56 bits per heavy atom. The highest BCUT2D eigenvalue weighted by atomic mass is 79.9. The van der Waals surface area contributed by atoms with Crippen LogP contribution in [-0.2, 0) is 4.74 Å². The summed E-state index contributed by atoms with van der Waals surface area (Å²) in [5, 5.41) is 2.91. The second-order valence-electron chi connectivity index (χ2n) is 3.80. The lowest BCUT2D eigenvalue weighted by molar-refractivity contribution is 0.0169. The van der Waals surface area contributed by atoms with Crippen LogP contribution in [0.1, 0.15) is 28.9 Å². The van der Waals surface area contributed by atoms with Gasteiger partial charge in [0.1, 0.15) is 0 Å². The van der Waals surface area contributed by atoms with Crippen LogP contribution in [0.2, 0.25) is 0 Å². The van der Waals surface area contributed by atoms with E-state index in [0.717, 1.165) is 28.1 Å². The normalized spacial score (nSPS) is 20.7. The Morgan fingerprint density at radius 3 is 3.06 bits per heavy atom. The Morgan fingerprint density at radius 2 is 2.44 bits per heavy atom. The molecule has 1 aliphatic heterocycles. The number of rotatable bonds is 3. The molecule has 0 aliphatic carbocycles. The van der Waals surface area contributed by atoms with Gasteiger partial charge >= 0.3 is 0 Å². The molecular weight excluding hydrogens is 290 g/mol. The zero-order chi connectivity index (χ0) is 11.4. The summed E-state index contributed by atoms with van der Waals surface area (Å²) in [6, 6.07) is 3.71. The second-order valence-corrected chi connectivity index (χ2v) is 6.27. The molecule has 0 bridgehead atoms. The van der Waals surface area contributed by atoms with E-state index < -0.39 is 0 Å². The monoisotopic (exact) mass is 303 g/mol. The quantitative estimate of drug-likeness (QED) is 0.932. The summed E-state index contributed by atoms with van der Waals surface area (Å²) in [5.41, 5.74) is 0. The highest BCUT2D eigenvalue weighted by molar-refractivity contribution is 9.11. The van der Waals surface area contributed by atoms with Crippen LogP contribution in [0, 0.1) is 0 Å². The smallest absolute Gasteiger partial charge is 0.261 e. The average molecular weight is 304 g/mol. The molecule has 0 aromatic carbocycles. The summed E-state index contributed by atoms with van der Waals surface area (Å²) in [4.78, 5) is 12.5. The van der Waals surface area contributed by atoms with Crippen molar-refractivity contribution in [3.8, 4) is 0 Å². The van der Waals surface area contributed by atoms with Crippen molar-refractivity contribution in [3.63, 3.8) is 0 Å². The van der Waals surface area contributed by atoms with Crippen molar-refractivity contribution in [1.29, 1.82) is 0 Å². The minimum atomic E-state index is -0.00938. The van der Waals surface area contributed by atoms with Crippen LogP contribution < -0.4 is 5.32 Å². The van der Waals surface area contributed by atoms with Crippen LogP contribution in [0.15, 0.2) is 15.9 Å². The number of halogens is 1. The molecule has 1 amide bonds. The van der Waals surface area contributed by atoms with Crippen molar-refractivity contribution >= 4 is 33.2 Å². The molecule has 88 valence electrons. The Labute approximate surface area is 107 Å². The summed E-state index contributed by atoms with van der Waals surface area (Å²) in [6.45, 7) is 1.44. The predicted molar refractivity (Wildman–Crippen MR) is 67.9 cm³/mol. The van der Waals surface area contributed by atoms with Crippen molar-refractivity contribution < 1.29 is 9.53 Å². The zero-order valence-corrected chi connectivity index (χ0v) is 11.3. The molecule has 1 aromatic heterocycles. The first-order chi connectivity index (χ1) is 7.75. The molecule has 3 nitrogen and oxygen atoms in total.